The van der Waals surface area contributed by atoms with Crippen molar-refractivity contribution in [2.24, 2.45) is 0 Å². The molecule has 7 rings (SSSR count). The highest BCUT2D eigenvalue weighted by Crippen LogP contribution is 2.39. The lowest BCUT2D eigenvalue weighted by molar-refractivity contribution is 0.304. The Hall–Kier alpha value is -5.65. The van der Waals surface area contributed by atoms with Gasteiger partial charge in [-0.3, -0.25) is 0 Å². The third-order valence-electron chi connectivity index (χ3n) is 10.5. The minimum Gasteiger partial charge on any atom is -0.494 e. The van der Waals surface area contributed by atoms with Crippen molar-refractivity contribution >= 4 is 44.1 Å². The van der Waals surface area contributed by atoms with E-state index in [-0.39, 0.29) is 0 Å². The Morgan fingerprint density at radius 3 is 1.57 bits per heavy atom. The molecule has 0 saturated heterocycles. The highest BCUT2D eigenvalue weighted by atomic mass is 32.1. The minimum atomic E-state index is 0.745. The Morgan fingerprint density at radius 1 is 0.483 bits per heavy atom. The van der Waals surface area contributed by atoms with Crippen molar-refractivity contribution in [1.29, 1.82) is 0 Å². The second-order valence-corrected chi connectivity index (χ2v) is 16.0. The molecule has 1 aromatic heterocycles. The Kier molecular flexibility index (Phi) is 14.8. The van der Waals surface area contributed by atoms with E-state index in [1.165, 1.54) is 67.2 Å². The number of thiazole rings is 1. The van der Waals surface area contributed by atoms with Gasteiger partial charge < -0.3 is 14.8 Å². The highest BCUT2D eigenvalue weighted by molar-refractivity contribution is 7.21. The number of fused-ring (bicyclic) bond motifs is 1. The number of unbranched alkanes of at least 4 members (excludes halogenated alkanes) is 8. The molecule has 0 aliphatic heterocycles. The van der Waals surface area contributed by atoms with Crippen LogP contribution in [0.4, 0.5) is 11.4 Å². The van der Waals surface area contributed by atoms with Crippen molar-refractivity contribution in [1.82, 2.24) is 4.98 Å². The fourth-order valence-corrected chi connectivity index (χ4v) is 8.30. The number of nitrogens with one attached hydrogen (secondary N) is 1. The van der Waals surface area contributed by atoms with Crippen molar-refractivity contribution in [3.63, 3.8) is 0 Å². The molecule has 58 heavy (non-hydrogen) atoms. The maximum Gasteiger partial charge on any atom is 0.124 e. The smallest absolute Gasteiger partial charge is 0.124 e. The maximum absolute atomic E-state index is 6.18. The number of hydrogen-bond donors (Lipinski definition) is 1. The minimum absolute atomic E-state index is 0.745. The van der Waals surface area contributed by atoms with E-state index in [9.17, 15) is 0 Å². The van der Waals surface area contributed by atoms with Crippen LogP contribution < -0.4 is 14.8 Å². The van der Waals surface area contributed by atoms with E-state index >= 15 is 0 Å². The molecule has 0 spiro atoms. The maximum atomic E-state index is 6.18. The van der Waals surface area contributed by atoms with Crippen LogP contribution in [0.5, 0.6) is 11.5 Å². The van der Waals surface area contributed by atoms with Gasteiger partial charge in [-0.1, -0.05) is 162 Å². The molecule has 0 unspecified atom stereocenters. The van der Waals surface area contributed by atoms with Gasteiger partial charge in [0.05, 0.1) is 23.4 Å². The average molecular weight is 785 g/mol. The standard InChI is InChI=1S/C53H56N2O2S/c1-3-5-7-8-9-10-11-18-38-57-48-35-36-49-50(39-48)58-53(55-49)44-25-23-42(24-26-44)52(51(40-19-14-12-15-20-40)41-21-16-13-17-22-41)43-27-29-45(30-28-43)54-46-31-33-47(34-32-46)56-37-6-4-2/h12-17,19-36,39,54H,3-11,18,37-38H2,1-2H3. The Balaban J connectivity index is 1.12. The molecular weight excluding hydrogens is 729 g/mol. The van der Waals surface area contributed by atoms with Crippen LogP contribution in [-0.4, -0.2) is 18.2 Å². The molecule has 0 aliphatic rings. The summed E-state index contributed by atoms with van der Waals surface area (Å²) in [5.74, 6) is 1.83. The van der Waals surface area contributed by atoms with Crippen molar-refractivity contribution in [3.8, 4) is 22.1 Å². The van der Waals surface area contributed by atoms with E-state index in [1.54, 1.807) is 11.3 Å². The summed E-state index contributed by atoms with van der Waals surface area (Å²) in [7, 11) is 0. The number of rotatable bonds is 21. The molecule has 0 atom stereocenters. The number of ether oxygens (including phenoxy) is 2. The van der Waals surface area contributed by atoms with Crippen LogP contribution >= 0.6 is 11.3 Å². The van der Waals surface area contributed by atoms with Gasteiger partial charge in [-0.05, 0) is 101 Å². The summed E-state index contributed by atoms with van der Waals surface area (Å²) < 4.78 is 13.2. The van der Waals surface area contributed by atoms with Gasteiger partial charge in [0.2, 0.25) is 0 Å². The highest BCUT2D eigenvalue weighted by Gasteiger charge is 2.17. The number of hydrogen-bond acceptors (Lipinski definition) is 5. The Bertz CT molecular complexity index is 2270. The lowest BCUT2D eigenvalue weighted by Crippen LogP contribution is -1.98. The SMILES string of the molecule is CCCCCCCCCCOc1ccc2nc(-c3ccc(C(=C(c4ccccc4)c4ccccc4)c4ccc(Nc5ccc(OCCCC)cc5)cc4)cc3)sc2c1. The zero-order valence-corrected chi connectivity index (χ0v) is 34.9. The van der Waals surface area contributed by atoms with Crippen LogP contribution in [0.3, 0.4) is 0 Å². The van der Waals surface area contributed by atoms with Crippen LogP contribution in [-0.2, 0) is 0 Å². The van der Waals surface area contributed by atoms with Crippen molar-refractivity contribution in [3.05, 3.63) is 174 Å². The van der Waals surface area contributed by atoms with Crippen LogP contribution in [0.15, 0.2) is 152 Å². The summed E-state index contributed by atoms with van der Waals surface area (Å²) in [6, 6.07) is 53.7. The fourth-order valence-electron chi connectivity index (χ4n) is 7.30. The second-order valence-electron chi connectivity index (χ2n) is 15.0. The molecule has 7 aromatic rings. The molecule has 0 radical (unpaired) electrons. The topological polar surface area (TPSA) is 43.4 Å². The molecule has 4 nitrogen and oxygen atoms in total. The quantitative estimate of drug-likeness (QED) is 0.0582. The molecule has 0 saturated carbocycles. The summed E-state index contributed by atoms with van der Waals surface area (Å²) in [5.41, 5.74) is 11.1. The number of nitrogens with zero attached hydrogens (tertiary/aromatic N) is 1. The predicted octanol–water partition coefficient (Wildman–Crippen LogP) is 15.4. The van der Waals surface area contributed by atoms with Crippen LogP contribution in [0.2, 0.25) is 0 Å². The summed E-state index contributed by atoms with van der Waals surface area (Å²) in [4.78, 5) is 5.04. The molecule has 0 amide bonds. The molecule has 0 aliphatic carbocycles. The van der Waals surface area contributed by atoms with Gasteiger partial charge in [0.1, 0.15) is 16.5 Å². The lowest BCUT2D eigenvalue weighted by Gasteiger charge is -2.19. The van der Waals surface area contributed by atoms with Gasteiger partial charge in [0.15, 0.2) is 0 Å². The van der Waals surface area contributed by atoms with E-state index in [4.69, 9.17) is 14.5 Å². The second kappa shape index (κ2) is 21.2. The Morgan fingerprint density at radius 2 is 0.966 bits per heavy atom. The third kappa shape index (κ3) is 11.0. The first kappa shape index (κ1) is 40.5. The van der Waals surface area contributed by atoms with E-state index in [0.29, 0.717) is 0 Å². The average Bonchev–Trinajstić information content (AvgIpc) is 3.70. The molecule has 0 bridgehead atoms. The van der Waals surface area contributed by atoms with E-state index in [2.05, 4.69) is 159 Å². The molecule has 1 N–H and O–H groups in total. The van der Waals surface area contributed by atoms with E-state index in [1.807, 2.05) is 12.1 Å². The third-order valence-corrected chi connectivity index (χ3v) is 11.6. The molecule has 296 valence electrons. The largest absolute Gasteiger partial charge is 0.494 e. The zero-order valence-electron chi connectivity index (χ0n) is 34.1. The van der Waals surface area contributed by atoms with Crippen LogP contribution in [0.1, 0.15) is 100 Å². The molecule has 1 heterocycles. The summed E-state index contributed by atoms with van der Waals surface area (Å²) in [5, 5.41) is 4.58. The van der Waals surface area contributed by atoms with Crippen molar-refractivity contribution in [2.75, 3.05) is 18.5 Å². The normalized spacial score (nSPS) is 11.1. The molecular formula is C53H56N2O2S. The molecule has 6 aromatic carbocycles. The number of aromatic nitrogens is 1. The first-order valence-corrected chi connectivity index (χ1v) is 22.1. The van der Waals surface area contributed by atoms with E-state index in [0.717, 1.165) is 87.3 Å². The molecule has 5 heteroatoms. The summed E-state index contributed by atoms with van der Waals surface area (Å²) >= 11 is 1.72. The van der Waals surface area contributed by atoms with Gasteiger partial charge in [-0.2, -0.15) is 0 Å². The van der Waals surface area contributed by atoms with Gasteiger partial charge >= 0.3 is 0 Å². The van der Waals surface area contributed by atoms with Gasteiger partial charge in [-0.25, -0.2) is 4.98 Å². The first-order chi connectivity index (χ1) is 28.7. The lowest BCUT2D eigenvalue weighted by atomic mass is 9.85. The van der Waals surface area contributed by atoms with Gasteiger partial charge in [0, 0.05) is 16.9 Å². The van der Waals surface area contributed by atoms with Crippen LogP contribution in [0.25, 0.3) is 31.9 Å². The first-order valence-electron chi connectivity index (χ1n) is 21.3. The molecule has 0 fully saturated rings. The Labute approximate surface area is 349 Å². The zero-order chi connectivity index (χ0) is 39.8. The summed E-state index contributed by atoms with van der Waals surface area (Å²) in [6.07, 6.45) is 12.6. The number of anilines is 2. The fraction of sp³-hybridized carbons (Fsp3) is 0.264. The monoisotopic (exact) mass is 784 g/mol. The number of benzene rings is 6. The summed E-state index contributed by atoms with van der Waals surface area (Å²) in [6.45, 7) is 5.96. The van der Waals surface area contributed by atoms with Gasteiger partial charge in [-0.15, -0.1) is 11.3 Å². The van der Waals surface area contributed by atoms with E-state index < -0.39 is 0 Å². The van der Waals surface area contributed by atoms with Gasteiger partial charge in [0.25, 0.3) is 0 Å². The van der Waals surface area contributed by atoms with Crippen molar-refractivity contribution in [2.45, 2.75) is 78.1 Å². The van der Waals surface area contributed by atoms with Crippen molar-refractivity contribution < 1.29 is 9.47 Å². The van der Waals surface area contributed by atoms with Crippen LogP contribution in [0, 0.1) is 0 Å². The predicted molar refractivity (Wildman–Crippen MR) is 248 cm³/mol.